The molecular weight excluding hydrogens is 230 g/mol. The van der Waals surface area contributed by atoms with E-state index in [0.717, 1.165) is 9.92 Å². The van der Waals surface area contributed by atoms with Gasteiger partial charge in [0, 0.05) is 16.7 Å². The SMILES string of the molecule is CC(=O)c1cccnc1Sc1cccc(C)c1. The van der Waals surface area contributed by atoms with Crippen LogP contribution in [0, 0.1) is 6.92 Å². The predicted molar refractivity (Wildman–Crippen MR) is 69.5 cm³/mol. The van der Waals surface area contributed by atoms with E-state index < -0.39 is 0 Å². The lowest BCUT2D eigenvalue weighted by molar-refractivity contribution is 0.101. The van der Waals surface area contributed by atoms with Gasteiger partial charge < -0.3 is 0 Å². The Labute approximate surface area is 105 Å². The van der Waals surface area contributed by atoms with Crippen LogP contribution in [0.1, 0.15) is 22.8 Å². The summed E-state index contributed by atoms with van der Waals surface area (Å²) in [5.41, 5.74) is 1.88. The van der Waals surface area contributed by atoms with Crippen molar-refractivity contribution in [3.8, 4) is 0 Å². The maximum Gasteiger partial charge on any atom is 0.162 e. The van der Waals surface area contributed by atoms with Gasteiger partial charge in [0.05, 0.1) is 0 Å². The largest absolute Gasteiger partial charge is 0.294 e. The third-order valence-corrected chi connectivity index (χ3v) is 3.36. The average Bonchev–Trinajstić information content (AvgIpc) is 2.29. The van der Waals surface area contributed by atoms with Gasteiger partial charge in [-0.15, -0.1) is 0 Å². The van der Waals surface area contributed by atoms with Gasteiger partial charge in [-0.1, -0.05) is 29.5 Å². The van der Waals surface area contributed by atoms with Crippen LogP contribution in [0.15, 0.2) is 52.5 Å². The molecule has 0 saturated carbocycles. The van der Waals surface area contributed by atoms with E-state index in [9.17, 15) is 4.79 Å². The molecule has 0 saturated heterocycles. The normalized spacial score (nSPS) is 10.2. The summed E-state index contributed by atoms with van der Waals surface area (Å²) in [5, 5.41) is 0.769. The van der Waals surface area contributed by atoms with Crippen molar-refractivity contribution in [1.82, 2.24) is 4.98 Å². The van der Waals surface area contributed by atoms with Crippen LogP contribution in [0.25, 0.3) is 0 Å². The highest BCUT2D eigenvalue weighted by molar-refractivity contribution is 7.99. The first kappa shape index (κ1) is 11.9. The first-order valence-electron chi connectivity index (χ1n) is 5.37. The van der Waals surface area contributed by atoms with Crippen LogP contribution in [0.5, 0.6) is 0 Å². The molecule has 0 spiro atoms. The van der Waals surface area contributed by atoms with Gasteiger partial charge in [0.15, 0.2) is 5.78 Å². The molecule has 0 radical (unpaired) electrons. The lowest BCUT2D eigenvalue weighted by Gasteiger charge is -2.05. The number of carbonyl (C=O) groups is 1. The van der Waals surface area contributed by atoms with Crippen molar-refractivity contribution < 1.29 is 4.79 Å². The van der Waals surface area contributed by atoms with E-state index in [1.807, 2.05) is 31.2 Å². The molecule has 17 heavy (non-hydrogen) atoms. The fraction of sp³-hybridized carbons (Fsp3) is 0.143. The summed E-state index contributed by atoms with van der Waals surface area (Å²) < 4.78 is 0. The van der Waals surface area contributed by atoms with Crippen LogP contribution in [-0.4, -0.2) is 10.8 Å². The Morgan fingerprint density at radius 2 is 2.06 bits per heavy atom. The molecule has 0 amide bonds. The highest BCUT2D eigenvalue weighted by atomic mass is 32.2. The lowest BCUT2D eigenvalue weighted by Crippen LogP contribution is -1.96. The minimum absolute atomic E-state index is 0.0493. The zero-order valence-corrected chi connectivity index (χ0v) is 10.6. The van der Waals surface area contributed by atoms with E-state index in [1.54, 1.807) is 19.2 Å². The molecule has 0 aliphatic carbocycles. The Bertz CT molecular complexity index is 551. The standard InChI is InChI=1S/C14H13NOS/c1-10-5-3-6-12(9-10)17-14-13(11(2)16)7-4-8-15-14/h3-9H,1-2H3. The maximum atomic E-state index is 11.5. The molecule has 86 valence electrons. The highest BCUT2D eigenvalue weighted by Gasteiger charge is 2.09. The molecule has 0 aliphatic heterocycles. The number of hydrogen-bond acceptors (Lipinski definition) is 3. The topological polar surface area (TPSA) is 30.0 Å². The number of Topliss-reactive ketones (excluding diaryl/α,β-unsaturated/α-hetero) is 1. The van der Waals surface area contributed by atoms with Gasteiger partial charge in [0.1, 0.15) is 5.03 Å². The summed E-state index contributed by atoms with van der Waals surface area (Å²) >= 11 is 1.52. The summed E-state index contributed by atoms with van der Waals surface area (Å²) in [4.78, 5) is 16.8. The molecule has 0 N–H and O–H groups in total. The third-order valence-electron chi connectivity index (χ3n) is 2.35. The number of rotatable bonds is 3. The average molecular weight is 243 g/mol. The van der Waals surface area contributed by atoms with Crippen LogP contribution in [-0.2, 0) is 0 Å². The van der Waals surface area contributed by atoms with Crippen molar-refractivity contribution in [3.05, 3.63) is 53.7 Å². The molecule has 0 atom stereocenters. The molecular formula is C14H13NOS. The van der Waals surface area contributed by atoms with E-state index in [0.29, 0.717) is 5.56 Å². The fourth-order valence-corrected chi connectivity index (χ4v) is 2.58. The number of pyridine rings is 1. The molecule has 1 aromatic heterocycles. The number of aromatic nitrogens is 1. The smallest absolute Gasteiger partial charge is 0.162 e. The Hall–Kier alpha value is -1.61. The molecule has 3 heteroatoms. The number of carbonyl (C=O) groups excluding carboxylic acids is 1. The highest BCUT2D eigenvalue weighted by Crippen LogP contribution is 2.29. The van der Waals surface area contributed by atoms with Crippen molar-refractivity contribution in [2.24, 2.45) is 0 Å². The van der Waals surface area contributed by atoms with Gasteiger partial charge in [-0.25, -0.2) is 4.98 Å². The van der Waals surface area contributed by atoms with Gasteiger partial charge in [-0.05, 0) is 38.1 Å². The Morgan fingerprint density at radius 3 is 2.76 bits per heavy atom. The number of nitrogens with zero attached hydrogens (tertiary/aromatic N) is 1. The second-order valence-corrected chi connectivity index (χ2v) is 4.89. The molecule has 0 unspecified atom stereocenters. The summed E-state index contributed by atoms with van der Waals surface area (Å²) in [7, 11) is 0. The monoisotopic (exact) mass is 243 g/mol. The number of benzene rings is 1. The first-order chi connectivity index (χ1) is 8.16. The minimum atomic E-state index is 0.0493. The predicted octanol–water partition coefficient (Wildman–Crippen LogP) is 3.74. The Morgan fingerprint density at radius 1 is 1.24 bits per heavy atom. The van der Waals surface area contributed by atoms with Crippen LogP contribution >= 0.6 is 11.8 Å². The Kier molecular flexibility index (Phi) is 3.59. The van der Waals surface area contributed by atoms with E-state index in [2.05, 4.69) is 11.1 Å². The molecule has 2 nitrogen and oxygen atoms in total. The van der Waals surface area contributed by atoms with E-state index in [4.69, 9.17) is 0 Å². The molecule has 2 aromatic rings. The molecule has 1 aromatic carbocycles. The van der Waals surface area contributed by atoms with Crippen molar-refractivity contribution in [1.29, 1.82) is 0 Å². The van der Waals surface area contributed by atoms with E-state index >= 15 is 0 Å². The lowest BCUT2D eigenvalue weighted by atomic mass is 10.2. The zero-order chi connectivity index (χ0) is 12.3. The summed E-state index contributed by atoms with van der Waals surface area (Å²) in [5.74, 6) is 0.0493. The molecule has 0 bridgehead atoms. The van der Waals surface area contributed by atoms with Crippen molar-refractivity contribution in [2.75, 3.05) is 0 Å². The van der Waals surface area contributed by atoms with E-state index in [-0.39, 0.29) is 5.78 Å². The molecule has 0 fully saturated rings. The summed E-state index contributed by atoms with van der Waals surface area (Å²) in [6.07, 6.45) is 1.71. The van der Waals surface area contributed by atoms with Crippen molar-refractivity contribution >= 4 is 17.5 Å². The van der Waals surface area contributed by atoms with Crippen molar-refractivity contribution in [2.45, 2.75) is 23.8 Å². The van der Waals surface area contributed by atoms with Gasteiger partial charge in [-0.2, -0.15) is 0 Å². The number of ketones is 1. The minimum Gasteiger partial charge on any atom is -0.294 e. The van der Waals surface area contributed by atoms with Gasteiger partial charge >= 0.3 is 0 Å². The third kappa shape index (κ3) is 2.94. The van der Waals surface area contributed by atoms with Crippen molar-refractivity contribution in [3.63, 3.8) is 0 Å². The molecule has 0 aliphatic rings. The van der Waals surface area contributed by atoms with E-state index in [1.165, 1.54) is 17.3 Å². The van der Waals surface area contributed by atoms with Crippen LogP contribution in [0.4, 0.5) is 0 Å². The van der Waals surface area contributed by atoms with Crippen LogP contribution < -0.4 is 0 Å². The first-order valence-corrected chi connectivity index (χ1v) is 6.19. The van der Waals surface area contributed by atoms with Crippen LogP contribution in [0.2, 0.25) is 0 Å². The molecule has 1 heterocycles. The molecule has 2 rings (SSSR count). The summed E-state index contributed by atoms with van der Waals surface area (Å²) in [6, 6.07) is 11.8. The number of hydrogen-bond donors (Lipinski definition) is 0. The van der Waals surface area contributed by atoms with Gasteiger partial charge in [0.2, 0.25) is 0 Å². The van der Waals surface area contributed by atoms with Gasteiger partial charge in [-0.3, -0.25) is 4.79 Å². The second kappa shape index (κ2) is 5.15. The number of aryl methyl sites for hydroxylation is 1. The van der Waals surface area contributed by atoms with Crippen LogP contribution in [0.3, 0.4) is 0 Å². The zero-order valence-electron chi connectivity index (χ0n) is 9.81. The maximum absolute atomic E-state index is 11.5. The fourth-order valence-electron chi connectivity index (χ4n) is 1.53. The quantitative estimate of drug-likeness (QED) is 0.769. The second-order valence-electron chi connectivity index (χ2n) is 3.83. The van der Waals surface area contributed by atoms with Gasteiger partial charge in [0.25, 0.3) is 0 Å². The summed E-state index contributed by atoms with van der Waals surface area (Å²) in [6.45, 7) is 3.62. The Balaban J connectivity index is 2.33.